The Hall–Kier alpha value is -0.600. The van der Waals surface area contributed by atoms with Gasteiger partial charge < -0.3 is 5.11 Å². The Balaban J connectivity index is 1.99. The smallest absolute Gasteiger partial charge is 0.127 e. The second kappa shape index (κ2) is 5.83. The average molecular weight is 257 g/mol. The zero-order chi connectivity index (χ0) is 12.3. The number of rotatable bonds is 3. The van der Waals surface area contributed by atoms with Crippen molar-refractivity contribution in [2.75, 3.05) is 0 Å². The number of hydrogen-bond acceptors (Lipinski definition) is 1. The fourth-order valence-corrected chi connectivity index (χ4v) is 2.76. The number of aliphatic hydroxyl groups excluding tert-OH is 1. The SMILES string of the molecule is OC(Cc1ccc(Cl)cc1F)C1CCCCC1. The Bertz CT molecular complexity index is 374. The first-order valence-electron chi connectivity index (χ1n) is 6.29. The second-order valence-electron chi connectivity index (χ2n) is 4.91. The number of halogens is 2. The molecule has 1 fully saturated rings. The van der Waals surface area contributed by atoms with E-state index in [1.807, 2.05) is 0 Å². The van der Waals surface area contributed by atoms with E-state index in [2.05, 4.69) is 0 Å². The lowest BCUT2D eigenvalue weighted by molar-refractivity contribution is 0.0843. The van der Waals surface area contributed by atoms with Crippen molar-refractivity contribution in [1.29, 1.82) is 0 Å². The summed E-state index contributed by atoms with van der Waals surface area (Å²) in [5.41, 5.74) is 0.562. The Labute approximate surface area is 107 Å². The van der Waals surface area contributed by atoms with Crippen LogP contribution in [0.2, 0.25) is 5.02 Å². The van der Waals surface area contributed by atoms with Gasteiger partial charge in [0.2, 0.25) is 0 Å². The molecule has 0 radical (unpaired) electrons. The maximum absolute atomic E-state index is 13.6. The van der Waals surface area contributed by atoms with Crippen molar-refractivity contribution >= 4 is 11.6 Å². The summed E-state index contributed by atoms with van der Waals surface area (Å²) in [5.74, 6) is 0.0196. The van der Waals surface area contributed by atoms with Crippen LogP contribution in [0.4, 0.5) is 4.39 Å². The second-order valence-corrected chi connectivity index (χ2v) is 5.34. The predicted octanol–water partition coefficient (Wildman–Crippen LogP) is 3.96. The van der Waals surface area contributed by atoms with Gasteiger partial charge in [-0.05, 0) is 36.5 Å². The zero-order valence-corrected chi connectivity index (χ0v) is 10.6. The quantitative estimate of drug-likeness (QED) is 0.868. The summed E-state index contributed by atoms with van der Waals surface area (Å²) in [5, 5.41) is 10.5. The van der Waals surface area contributed by atoms with Crippen molar-refractivity contribution in [3.8, 4) is 0 Å². The van der Waals surface area contributed by atoms with Crippen LogP contribution in [0.3, 0.4) is 0 Å². The van der Waals surface area contributed by atoms with E-state index in [9.17, 15) is 9.50 Å². The van der Waals surface area contributed by atoms with Gasteiger partial charge in [0, 0.05) is 11.4 Å². The van der Waals surface area contributed by atoms with Crippen LogP contribution >= 0.6 is 11.6 Å². The Morgan fingerprint density at radius 3 is 2.65 bits per heavy atom. The highest BCUT2D eigenvalue weighted by atomic mass is 35.5. The molecule has 1 aliphatic carbocycles. The number of hydrogen-bond donors (Lipinski definition) is 1. The predicted molar refractivity (Wildman–Crippen MR) is 67.7 cm³/mol. The van der Waals surface area contributed by atoms with Gasteiger partial charge in [-0.15, -0.1) is 0 Å². The first-order chi connectivity index (χ1) is 8.16. The van der Waals surface area contributed by atoms with Gasteiger partial charge in [-0.3, -0.25) is 0 Å². The van der Waals surface area contributed by atoms with Crippen molar-refractivity contribution < 1.29 is 9.50 Å². The lowest BCUT2D eigenvalue weighted by Gasteiger charge is -2.26. The van der Waals surface area contributed by atoms with Crippen molar-refractivity contribution in [2.45, 2.75) is 44.6 Å². The number of benzene rings is 1. The van der Waals surface area contributed by atoms with Crippen molar-refractivity contribution in [3.63, 3.8) is 0 Å². The first kappa shape index (κ1) is 12.8. The third-order valence-corrected chi connectivity index (χ3v) is 3.87. The third-order valence-electron chi connectivity index (χ3n) is 3.64. The molecule has 0 saturated heterocycles. The van der Waals surface area contributed by atoms with Crippen LogP contribution < -0.4 is 0 Å². The molecule has 1 unspecified atom stereocenters. The van der Waals surface area contributed by atoms with E-state index in [1.54, 1.807) is 12.1 Å². The molecule has 1 nitrogen and oxygen atoms in total. The molecule has 0 aliphatic heterocycles. The molecular formula is C14H18ClFO. The van der Waals surface area contributed by atoms with Crippen LogP contribution in [-0.4, -0.2) is 11.2 Å². The van der Waals surface area contributed by atoms with E-state index in [4.69, 9.17) is 11.6 Å². The van der Waals surface area contributed by atoms with Gasteiger partial charge in [-0.25, -0.2) is 4.39 Å². The number of aliphatic hydroxyl groups is 1. The minimum absolute atomic E-state index is 0.313. The van der Waals surface area contributed by atoms with Crippen LogP contribution in [0.15, 0.2) is 18.2 Å². The maximum Gasteiger partial charge on any atom is 0.127 e. The normalized spacial score (nSPS) is 19.2. The van der Waals surface area contributed by atoms with Crippen molar-refractivity contribution in [3.05, 3.63) is 34.6 Å². The summed E-state index contributed by atoms with van der Waals surface area (Å²) in [7, 11) is 0. The molecule has 17 heavy (non-hydrogen) atoms. The Kier molecular flexibility index (Phi) is 4.41. The van der Waals surface area contributed by atoms with E-state index in [0.717, 1.165) is 12.8 Å². The van der Waals surface area contributed by atoms with Crippen LogP contribution in [0.25, 0.3) is 0 Å². The van der Waals surface area contributed by atoms with Crippen LogP contribution in [0.5, 0.6) is 0 Å². The molecule has 1 aliphatic rings. The standard InChI is InChI=1S/C14H18ClFO/c15-12-7-6-11(13(16)9-12)8-14(17)10-4-2-1-3-5-10/h6-7,9-10,14,17H,1-5,8H2. The molecule has 0 bridgehead atoms. The van der Waals surface area contributed by atoms with E-state index in [-0.39, 0.29) is 5.82 Å². The van der Waals surface area contributed by atoms with E-state index >= 15 is 0 Å². The zero-order valence-electron chi connectivity index (χ0n) is 9.83. The highest BCUT2D eigenvalue weighted by Gasteiger charge is 2.22. The fraction of sp³-hybridized carbons (Fsp3) is 0.571. The van der Waals surface area contributed by atoms with Crippen LogP contribution in [-0.2, 0) is 6.42 Å². The molecule has 1 saturated carbocycles. The minimum atomic E-state index is -0.425. The van der Waals surface area contributed by atoms with Gasteiger partial charge in [0.05, 0.1) is 6.10 Å². The molecule has 1 aromatic rings. The van der Waals surface area contributed by atoms with Crippen molar-refractivity contribution in [1.82, 2.24) is 0 Å². The van der Waals surface area contributed by atoms with Gasteiger partial charge in [0.15, 0.2) is 0 Å². The molecule has 3 heteroatoms. The van der Waals surface area contributed by atoms with Crippen molar-refractivity contribution in [2.24, 2.45) is 5.92 Å². The van der Waals surface area contributed by atoms with Gasteiger partial charge in [-0.1, -0.05) is 36.9 Å². The summed E-state index contributed by atoms with van der Waals surface area (Å²) in [6.45, 7) is 0. The largest absolute Gasteiger partial charge is 0.392 e. The molecule has 1 atom stereocenters. The monoisotopic (exact) mass is 256 g/mol. The molecule has 2 rings (SSSR count). The molecule has 0 spiro atoms. The molecule has 1 N–H and O–H groups in total. The Morgan fingerprint density at radius 1 is 1.29 bits per heavy atom. The minimum Gasteiger partial charge on any atom is -0.392 e. The van der Waals surface area contributed by atoms with Gasteiger partial charge in [0.1, 0.15) is 5.82 Å². The van der Waals surface area contributed by atoms with Gasteiger partial charge in [-0.2, -0.15) is 0 Å². The average Bonchev–Trinajstić information content (AvgIpc) is 2.34. The highest BCUT2D eigenvalue weighted by Crippen LogP contribution is 2.28. The highest BCUT2D eigenvalue weighted by molar-refractivity contribution is 6.30. The first-order valence-corrected chi connectivity index (χ1v) is 6.66. The molecule has 0 amide bonds. The van der Waals surface area contributed by atoms with E-state index in [0.29, 0.717) is 22.9 Å². The van der Waals surface area contributed by atoms with Crippen LogP contribution in [0, 0.1) is 11.7 Å². The third kappa shape index (κ3) is 3.43. The summed E-state index contributed by atoms with van der Waals surface area (Å²) < 4.78 is 13.6. The molecule has 94 valence electrons. The fourth-order valence-electron chi connectivity index (χ4n) is 2.60. The molecule has 1 aromatic carbocycles. The summed E-state index contributed by atoms with van der Waals surface area (Å²) in [6, 6.07) is 4.65. The summed E-state index contributed by atoms with van der Waals surface area (Å²) >= 11 is 5.70. The summed E-state index contributed by atoms with van der Waals surface area (Å²) in [6.07, 6.45) is 5.74. The lowest BCUT2D eigenvalue weighted by Crippen LogP contribution is -2.25. The molecular weight excluding hydrogens is 239 g/mol. The maximum atomic E-state index is 13.6. The summed E-state index contributed by atoms with van der Waals surface area (Å²) in [4.78, 5) is 0. The van der Waals surface area contributed by atoms with E-state index < -0.39 is 6.10 Å². The topological polar surface area (TPSA) is 20.2 Å². The lowest BCUT2D eigenvalue weighted by atomic mass is 9.83. The Morgan fingerprint density at radius 2 is 2.00 bits per heavy atom. The van der Waals surface area contributed by atoms with Gasteiger partial charge in [0.25, 0.3) is 0 Å². The molecule has 0 aromatic heterocycles. The van der Waals surface area contributed by atoms with Crippen LogP contribution in [0.1, 0.15) is 37.7 Å². The molecule has 0 heterocycles. The van der Waals surface area contributed by atoms with E-state index in [1.165, 1.54) is 25.3 Å². The van der Waals surface area contributed by atoms with Gasteiger partial charge >= 0.3 is 0 Å².